The van der Waals surface area contributed by atoms with Crippen LogP contribution in [0.5, 0.6) is 0 Å². The molecule has 5 nitrogen and oxygen atoms in total. The molecule has 256 valence electrons. The third-order valence-corrected chi connectivity index (χ3v) is 4.02. The third kappa shape index (κ3) is 7.42. The van der Waals surface area contributed by atoms with Gasteiger partial charge in [-0.25, -0.2) is 4.79 Å². The van der Waals surface area contributed by atoms with E-state index in [2.05, 4.69) is 11.3 Å². The smallest absolute Gasteiger partial charge is 0.456 e. The normalized spacial score (nSPS) is 19.2. The lowest BCUT2D eigenvalue weighted by atomic mass is 10.2. The largest absolute Gasteiger partial charge is 0.462 e. The number of carbonyl (C=O) groups is 1. The van der Waals surface area contributed by atoms with E-state index in [1.807, 2.05) is 0 Å². The molecule has 0 heterocycles. The number of carbonyl (C=O) groups excluding carboxylic acids is 1. The Balaban J connectivity index is 7.21. The van der Waals surface area contributed by atoms with E-state index in [-0.39, 0.29) is 6.08 Å². The van der Waals surface area contributed by atoms with Crippen molar-refractivity contribution in [3.05, 3.63) is 12.7 Å². The van der Waals surface area contributed by atoms with Gasteiger partial charge in [0.15, 0.2) is 6.61 Å². The lowest BCUT2D eigenvalue weighted by Crippen LogP contribution is -2.70. The summed E-state index contributed by atoms with van der Waals surface area (Å²) >= 11 is 0. The molecule has 0 fully saturated rings. The highest BCUT2D eigenvalue weighted by atomic mass is 19.4. The highest BCUT2D eigenvalue weighted by Crippen LogP contribution is 2.59. The van der Waals surface area contributed by atoms with Crippen LogP contribution in [0.3, 0.4) is 0 Å². The van der Waals surface area contributed by atoms with Gasteiger partial charge in [-0.15, -0.1) is 0 Å². The predicted octanol–water partition coefficient (Wildman–Crippen LogP) is 7.43. The molecule has 0 rings (SSSR count). The minimum atomic E-state index is -8.72. The molecule has 3 atom stereocenters. The zero-order valence-corrected chi connectivity index (χ0v) is 18.7. The van der Waals surface area contributed by atoms with Gasteiger partial charge in [-0.3, -0.25) is 14.2 Å². The van der Waals surface area contributed by atoms with E-state index >= 15 is 0 Å². The second-order valence-electron chi connectivity index (χ2n) is 7.15. The number of esters is 1. The molecule has 3 unspecified atom stereocenters. The van der Waals surface area contributed by atoms with Gasteiger partial charge in [-0.05, 0) is 0 Å². The van der Waals surface area contributed by atoms with Crippen LogP contribution in [-0.4, -0.2) is 79.1 Å². The van der Waals surface area contributed by atoms with Crippen molar-refractivity contribution in [1.82, 2.24) is 0 Å². The highest BCUT2D eigenvalue weighted by molar-refractivity contribution is 5.81. The third-order valence-electron chi connectivity index (χ3n) is 4.02. The number of alkyl halides is 23. The zero-order valence-electron chi connectivity index (χ0n) is 18.7. The van der Waals surface area contributed by atoms with Crippen molar-refractivity contribution in [1.29, 1.82) is 0 Å². The summed E-state index contributed by atoms with van der Waals surface area (Å²) in [6, 6.07) is 0. The van der Waals surface area contributed by atoms with E-state index in [9.17, 15) is 106 Å². The van der Waals surface area contributed by atoms with Gasteiger partial charge in [-0.2, -0.15) is 101 Å². The minimum Gasteiger partial charge on any atom is -0.456 e. The van der Waals surface area contributed by atoms with Crippen molar-refractivity contribution in [3.8, 4) is 0 Å². The molecule has 0 aliphatic heterocycles. The molecule has 0 aromatic carbocycles. The fourth-order valence-electron chi connectivity index (χ4n) is 1.87. The minimum absolute atomic E-state index is 0.218. The first-order valence-electron chi connectivity index (χ1n) is 9.07. The average Bonchev–Trinajstić information content (AvgIpc) is 2.72. The van der Waals surface area contributed by atoms with Gasteiger partial charge in [0.1, 0.15) is 0 Å². The molecular weight excluding hydrogens is 697 g/mol. The van der Waals surface area contributed by atoms with Crippen molar-refractivity contribution in [2.24, 2.45) is 0 Å². The summed E-state index contributed by atoms with van der Waals surface area (Å²) in [6.45, 7) is -1.02. The number of rotatable bonds is 12. The lowest BCUT2D eigenvalue weighted by Gasteiger charge is -2.42. The molecule has 0 aromatic rings. The first-order valence-corrected chi connectivity index (χ1v) is 9.07. The molecule has 0 aliphatic carbocycles. The van der Waals surface area contributed by atoms with Crippen molar-refractivity contribution in [2.75, 3.05) is 6.61 Å². The van der Waals surface area contributed by atoms with Gasteiger partial charge in [0.25, 0.3) is 0 Å². The van der Waals surface area contributed by atoms with Crippen LogP contribution in [0.2, 0.25) is 0 Å². The monoisotopic (exact) mass is 702 g/mol. The molecule has 0 spiro atoms. The number of hydrogen-bond acceptors (Lipinski definition) is 5. The number of ether oxygens (including phenoxy) is 4. The van der Waals surface area contributed by atoms with Gasteiger partial charge in [0.2, 0.25) is 0 Å². The Morgan fingerprint density at radius 3 is 1.09 bits per heavy atom. The number of hydrogen-bond donors (Lipinski definition) is 0. The second-order valence-corrected chi connectivity index (χ2v) is 7.15. The highest BCUT2D eigenvalue weighted by Gasteiger charge is 2.88. The zero-order chi connectivity index (χ0) is 35.3. The summed E-state index contributed by atoms with van der Waals surface area (Å²) in [7, 11) is 0. The molecule has 0 N–H and O–H groups in total. The average molecular weight is 702 g/mol. The Bertz CT molecular complexity index is 1010. The van der Waals surface area contributed by atoms with Crippen molar-refractivity contribution >= 4 is 5.97 Å². The lowest BCUT2D eigenvalue weighted by molar-refractivity contribution is -0.579. The van der Waals surface area contributed by atoms with Crippen molar-refractivity contribution < 1.29 is 125 Å². The van der Waals surface area contributed by atoms with Gasteiger partial charge >= 0.3 is 72.5 Å². The molecule has 0 amide bonds. The van der Waals surface area contributed by atoms with E-state index in [1.54, 1.807) is 4.74 Å². The van der Waals surface area contributed by atoms with Crippen LogP contribution in [0.25, 0.3) is 0 Å². The molecule has 0 aromatic heterocycles. The first kappa shape index (κ1) is 40.5. The number of halogens is 23. The maximum absolute atomic E-state index is 14.3. The van der Waals surface area contributed by atoms with Crippen LogP contribution in [0.15, 0.2) is 12.7 Å². The summed E-state index contributed by atoms with van der Waals surface area (Å²) in [5.74, 6) is -34.4. The maximum Gasteiger partial charge on any atom is 0.462 e. The molecule has 28 heteroatoms. The van der Waals surface area contributed by atoms with Crippen LogP contribution >= 0.6 is 0 Å². The molecule has 43 heavy (non-hydrogen) atoms. The molecule has 0 saturated heterocycles. The Hall–Kier alpha value is -2.52. The van der Waals surface area contributed by atoms with E-state index in [4.69, 9.17) is 0 Å². The summed E-state index contributed by atoms with van der Waals surface area (Å²) in [5.41, 5.74) is 0. The molecule has 0 saturated carbocycles. The van der Waals surface area contributed by atoms with E-state index < -0.39 is 79.1 Å². The topological polar surface area (TPSA) is 54.0 Å². The molecule has 0 bridgehead atoms. The summed E-state index contributed by atoms with van der Waals surface area (Å²) in [6.07, 6.45) is -57.4. The summed E-state index contributed by atoms with van der Waals surface area (Å²) < 4.78 is 309. The van der Waals surface area contributed by atoms with Crippen LogP contribution in [-0.2, 0) is 23.7 Å². The van der Waals surface area contributed by atoms with Gasteiger partial charge in [0, 0.05) is 6.08 Å². The van der Waals surface area contributed by atoms with Crippen LogP contribution in [0, 0.1) is 0 Å². The van der Waals surface area contributed by atoms with Crippen LogP contribution in [0.4, 0.5) is 101 Å². The maximum atomic E-state index is 14.3. The fourth-order valence-corrected chi connectivity index (χ4v) is 1.87. The first-order chi connectivity index (χ1) is 18.3. The van der Waals surface area contributed by atoms with E-state index in [0.29, 0.717) is 0 Å². The quantitative estimate of drug-likeness (QED) is 0.120. The van der Waals surface area contributed by atoms with Crippen molar-refractivity contribution in [3.63, 3.8) is 0 Å². The Morgan fingerprint density at radius 1 is 0.488 bits per heavy atom. The van der Waals surface area contributed by atoms with E-state index in [0.717, 1.165) is 9.47 Å². The SMILES string of the molecule is C=CC(=O)OCC(F)(OC(F)(F)C(F)(OC(F)(F)C(F)(OC(F)(F)C(F)(F)C(F)(F)F)C(F)(F)F)C(F)(F)F)C(F)(F)F. The molecule has 0 aliphatic rings. The summed E-state index contributed by atoms with van der Waals surface area (Å²) in [4.78, 5) is 10.7. The van der Waals surface area contributed by atoms with Crippen molar-refractivity contribution in [2.45, 2.75) is 66.5 Å². The molecule has 0 radical (unpaired) electrons. The Kier molecular flexibility index (Phi) is 10.5. The van der Waals surface area contributed by atoms with Crippen LogP contribution in [0.1, 0.15) is 0 Å². The van der Waals surface area contributed by atoms with E-state index in [1.165, 1.54) is 0 Å². The Morgan fingerprint density at radius 2 is 0.814 bits per heavy atom. The van der Waals surface area contributed by atoms with Gasteiger partial charge in [-0.1, -0.05) is 6.58 Å². The van der Waals surface area contributed by atoms with Gasteiger partial charge in [0.05, 0.1) is 0 Å². The standard InChI is InChI=1S/C15H5F23O5/c1-2-4(39)40-3-5(16,9(21,22)23)41-14(35,36)7(19,11(27,28)29)43-15(37,38)8(20,12(30,31)32)42-13(33,34)6(17,18)10(24,25)26/h2H,1,3H2. The summed E-state index contributed by atoms with van der Waals surface area (Å²) in [5, 5.41) is 0. The predicted molar refractivity (Wildman–Crippen MR) is 79.9 cm³/mol. The Labute approximate surface area is 218 Å². The van der Waals surface area contributed by atoms with Crippen LogP contribution < -0.4 is 0 Å². The fraction of sp³-hybridized carbons (Fsp3) is 0.800. The molecular formula is C15H5F23O5. The second kappa shape index (κ2) is 11.1. The van der Waals surface area contributed by atoms with Gasteiger partial charge < -0.3 is 4.74 Å².